The van der Waals surface area contributed by atoms with E-state index in [0.29, 0.717) is 24.2 Å². The third-order valence-corrected chi connectivity index (χ3v) is 3.76. The lowest BCUT2D eigenvalue weighted by Crippen LogP contribution is -2.39. The highest BCUT2D eigenvalue weighted by molar-refractivity contribution is 9.10. The summed E-state index contributed by atoms with van der Waals surface area (Å²) in [5.74, 6) is 0.0482. The Labute approximate surface area is 123 Å². The molecule has 2 aromatic heterocycles. The van der Waals surface area contributed by atoms with Crippen LogP contribution in [-0.4, -0.2) is 49.6 Å². The van der Waals surface area contributed by atoms with Crippen molar-refractivity contribution in [2.24, 2.45) is 0 Å². The highest BCUT2D eigenvalue weighted by Gasteiger charge is 2.39. The summed E-state index contributed by atoms with van der Waals surface area (Å²) in [6.45, 7) is 1.06. The normalized spacial score (nSPS) is 22.4. The van der Waals surface area contributed by atoms with Crippen LogP contribution in [0.4, 0.5) is 0 Å². The van der Waals surface area contributed by atoms with Gasteiger partial charge in [0.05, 0.1) is 19.3 Å². The van der Waals surface area contributed by atoms with E-state index in [4.69, 9.17) is 4.42 Å². The van der Waals surface area contributed by atoms with Crippen LogP contribution in [-0.2, 0) is 6.54 Å². The summed E-state index contributed by atoms with van der Waals surface area (Å²) in [7, 11) is 0. The highest BCUT2D eigenvalue weighted by atomic mass is 79.9. The number of rotatable bonds is 3. The Morgan fingerprint density at radius 1 is 1.55 bits per heavy atom. The standard InChI is InChI=1S/C12H13BrN4O3/c13-10-2-1-9(20-10)11(18)16-5-3-12(19,7-16)8-17-6-4-14-15-17/h1-2,4,6,19H,3,5,7-8H2. The molecule has 1 saturated heterocycles. The molecule has 1 fully saturated rings. The summed E-state index contributed by atoms with van der Waals surface area (Å²) in [5.41, 5.74) is -0.979. The maximum Gasteiger partial charge on any atom is 0.289 e. The summed E-state index contributed by atoms with van der Waals surface area (Å²) in [5, 5.41) is 18.0. The van der Waals surface area contributed by atoms with Crippen molar-refractivity contribution in [3.05, 3.63) is 35.0 Å². The quantitative estimate of drug-likeness (QED) is 0.897. The average molecular weight is 341 g/mol. The van der Waals surface area contributed by atoms with Crippen LogP contribution < -0.4 is 0 Å². The van der Waals surface area contributed by atoms with E-state index in [1.165, 1.54) is 0 Å². The number of nitrogens with zero attached hydrogens (tertiary/aromatic N) is 4. The number of amides is 1. The number of aliphatic hydroxyl groups is 1. The summed E-state index contributed by atoms with van der Waals surface area (Å²) >= 11 is 3.17. The Hall–Kier alpha value is -1.67. The molecule has 0 bridgehead atoms. The summed E-state index contributed by atoms with van der Waals surface area (Å²) in [6, 6.07) is 3.28. The van der Waals surface area contributed by atoms with Gasteiger partial charge < -0.3 is 14.4 Å². The molecule has 1 unspecified atom stereocenters. The first kappa shape index (κ1) is 13.3. The number of aromatic nitrogens is 3. The van der Waals surface area contributed by atoms with E-state index in [9.17, 15) is 9.90 Å². The molecule has 1 aliphatic heterocycles. The van der Waals surface area contributed by atoms with Gasteiger partial charge in [-0.15, -0.1) is 5.10 Å². The molecule has 0 spiro atoms. The van der Waals surface area contributed by atoms with E-state index in [1.807, 2.05) is 0 Å². The molecular weight excluding hydrogens is 328 g/mol. The maximum atomic E-state index is 12.2. The van der Waals surface area contributed by atoms with E-state index < -0.39 is 5.60 Å². The van der Waals surface area contributed by atoms with Crippen molar-refractivity contribution in [1.29, 1.82) is 0 Å². The minimum Gasteiger partial charge on any atom is -0.444 e. The molecule has 1 atom stereocenters. The van der Waals surface area contributed by atoms with Gasteiger partial charge in [-0.05, 0) is 34.5 Å². The molecule has 8 heteroatoms. The van der Waals surface area contributed by atoms with E-state index in [1.54, 1.807) is 34.1 Å². The van der Waals surface area contributed by atoms with Crippen LogP contribution >= 0.6 is 15.9 Å². The zero-order valence-electron chi connectivity index (χ0n) is 10.6. The number of carbonyl (C=O) groups is 1. The van der Waals surface area contributed by atoms with Gasteiger partial charge >= 0.3 is 0 Å². The van der Waals surface area contributed by atoms with Crippen molar-refractivity contribution in [3.63, 3.8) is 0 Å². The summed E-state index contributed by atoms with van der Waals surface area (Å²) in [4.78, 5) is 13.8. The van der Waals surface area contributed by atoms with Crippen LogP contribution in [0.5, 0.6) is 0 Å². The molecule has 7 nitrogen and oxygen atoms in total. The Morgan fingerprint density at radius 2 is 2.40 bits per heavy atom. The van der Waals surface area contributed by atoms with Crippen molar-refractivity contribution in [2.75, 3.05) is 13.1 Å². The Bertz CT molecular complexity index is 612. The van der Waals surface area contributed by atoms with Crippen LogP contribution in [0, 0.1) is 0 Å². The molecule has 0 aromatic carbocycles. The van der Waals surface area contributed by atoms with E-state index in [2.05, 4.69) is 26.2 Å². The summed E-state index contributed by atoms with van der Waals surface area (Å²) < 4.78 is 7.33. The lowest BCUT2D eigenvalue weighted by atomic mass is 10.0. The Balaban J connectivity index is 1.68. The molecule has 2 aromatic rings. The molecule has 0 saturated carbocycles. The van der Waals surface area contributed by atoms with Gasteiger partial charge in [0.1, 0.15) is 5.60 Å². The number of halogens is 1. The maximum absolute atomic E-state index is 12.2. The van der Waals surface area contributed by atoms with Gasteiger partial charge in [-0.2, -0.15) is 0 Å². The Morgan fingerprint density at radius 3 is 3.05 bits per heavy atom. The molecule has 0 radical (unpaired) electrons. The number of likely N-dealkylation sites (tertiary alicyclic amines) is 1. The van der Waals surface area contributed by atoms with Crippen molar-refractivity contribution >= 4 is 21.8 Å². The number of β-amino-alcohol motifs (C(OH)–C–C–N with tert-alkyl or cyclic N) is 1. The van der Waals surface area contributed by atoms with Gasteiger partial charge in [-0.3, -0.25) is 4.79 Å². The third-order valence-electron chi connectivity index (χ3n) is 3.33. The molecule has 0 aliphatic carbocycles. The predicted molar refractivity (Wildman–Crippen MR) is 71.9 cm³/mol. The minimum absolute atomic E-state index is 0.217. The van der Waals surface area contributed by atoms with Crippen molar-refractivity contribution in [1.82, 2.24) is 19.9 Å². The second-order valence-electron chi connectivity index (χ2n) is 4.91. The van der Waals surface area contributed by atoms with E-state index >= 15 is 0 Å². The zero-order chi connectivity index (χ0) is 14.2. The van der Waals surface area contributed by atoms with Crippen molar-refractivity contribution in [2.45, 2.75) is 18.6 Å². The number of carbonyl (C=O) groups excluding carboxylic acids is 1. The number of furan rings is 1. The first-order chi connectivity index (χ1) is 9.56. The van der Waals surface area contributed by atoms with Gasteiger partial charge in [0.25, 0.3) is 5.91 Å². The summed E-state index contributed by atoms with van der Waals surface area (Å²) in [6.07, 6.45) is 3.74. The topological polar surface area (TPSA) is 84.4 Å². The van der Waals surface area contributed by atoms with Crippen LogP contribution in [0.3, 0.4) is 0 Å². The minimum atomic E-state index is -0.979. The van der Waals surface area contributed by atoms with Crippen LogP contribution in [0.25, 0.3) is 0 Å². The van der Waals surface area contributed by atoms with Gasteiger partial charge in [0.15, 0.2) is 10.4 Å². The molecular formula is C12H13BrN4O3. The van der Waals surface area contributed by atoms with Crippen molar-refractivity contribution < 1.29 is 14.3 Å². The average Bonchev–Trinajstić information content (AvgIpc) is 3.11. The predicted octanol–water partition coefficient (Wildman–Crippen LogP) is 0.911. The van der Waals surface area contributed by atoms with Crippen LogP contribution in [0.2, 0.25) is 0 Å². The smallest absolute Gasteiger partial charge is 0.289 e. The third kappa shape index (κ3) is 2.61. The lowest BCUT2D eigenvalue weighted by Gasteiger charge is -2.22. The second kappa shape index (κ2) is 5.02. The molecule has 106 valence electrons. The highest BCUT2D eigenvalue weighted by Crippen LogP contribution is 2.25. The fourth-order valence-corrected chi connectivity index (χ4v) is 2.67. The lowest BCUT2D eigenvalue weighted by molar-refractivity contribution is 0.0261. The fourth-order valence-electron chi connectivity index (χ4n) is 2.36. The fraction of sp³-hybridized carbons (Fsp3) is 0.417. The molecule has 3 rings (SSSR count). The zero-order valence-corrected chi connectivity index (χ0v) is 12.2. The largest absolute Gasteiger partial charge is 0.444 e. The molecule has 1 N–H and O–H groups in total. The van der Waals surface area contributed by atoms with Gasteiger partial charge in [-0.25, -0.2) is 4.68 Å². The Kier molecular flexibility index (Phi) is 3.35. The first-order valence-electron chi connectivity index (χ1n) is 6.17. The molecule has 1 aliphatic rings. The first-order valence-corrected chi connectivity index (χ1v) is 6.96. The number of hydrogen-bond donors (Lipinski definition) is 1. The molecule has 20 heavy (non-hydrogen) atoms. The van der Waals surface area contributed by atoms with Gasteiger partial charge in [0, 0.05) is 12.7 Å². The SMILES string of the molecule is O=C(c1ccc(Br)o1)N1CCC(O)(Cn2ccnn2)C1. The van der Waals surface area contributed by atoms with Crippen molar-refractivity contribution in [3.8, 4) is 0 Å². The van der Waals surface area contributed by atoms with E-state index in [0.717, 1.165) is 0 Å². The van der Waals surface area contributed by atoms with E-state index in [-0.39, 0.29) is 18.2 Å². The molecule has 3 heterocycles. The second-order valence-corrected chi connectivity index (χ2v) is 5.69. The van der Waals surface area contributed by atoms with Crippen LogP contribution in [0.15, 0.2) is 33.6 Å². The number of hydrogen-bond acceptors (Lipinski definition) is 5. The van der Waals surface area contributed by atoms with Gasteiger partial charge in [-0.1, -0.05) is 5.21 Å². The molecule has 1 amide bonds. The van der Waals surface area contributed by atoms with Crippen LogP contribution in [0.1, 0.15) is 17.0 Å². The van der Waals surface area contributed by atoms with Gasteiger partial charge in [0.2, 0.25) is 0 Å². The monoisotopic (exact) mass is 340 g/mol.